The fourth-order valence-corrected chi connectivity index (χ4v) is 7.04. The summed E-state index contributed by atoms with van der Waals surface area (Å²) in [6.07, 6.45) is 15.3. The van der Waals surface area contributed by atoms with Crippen LogP contribution >= 0.6 is 11.3 Å². The molecule has 9 heteroatoms. The van der Waals surface area contributed by atoms with E-state index in [4.69, 9.17) is 16.6 Å². The number of aromatic nitrogens is 3. The van der Waals surface area contributed by atoms with Crippen LogP contribution in [-0.2, 0) is 6.54 Å². The number of nitrogens with one attached hydrogen (secondary N) is 2. The number of thiazole rings is 1. The molecule has 220 valence electrons. The second kappa shape index (κ2) is 11.0. The van der Waals surface area contributed by atoms with Crippen molar-refractivity contribution >= 4 is 32.3 Å². The number of dihydropyridines is 1. The lowest BCUT2D eigenvalue weighted by atomic mass is 9.78. The van der Waals surface area contributed by atoms with Gasteiger partial charge in [-0.2, -0.15) is 5.10 Å². The minimum Gasteiger partial charge on any atom is -0.385 e. The van der Waals surface area contributed by atoms with Crippen molar-refractivity contribution in [3.63, 3.8) is 0 Å². The number of rotatable bonds is 9. The predicted molar refractivity (Wildman–Crippen MR) is 174 cm³/mol. The van der Waals surface area contributed by atoms with E-state index in [0.717, 1.165) is 46.2 Å². The van der Waals surface area contributed by atoms with Gasteiger partial charge >= 0.3 is 0 Å². The summed E-state index contributed by atoms with van der Waals surface area (Å²) in [6.45, 7) is 9.70. The predicted octanol–water partition coefficient (Wildman–Crippen LogP) is 6.19. The van der Waals surface area contributed by atoms with E-state index in [2.05, 4.69) is 65.4 Å². The molecule has 1 aromatic carbocycles. The average molecular weight is 583 g/mol. The number of anilines is 1. The molecule has 1 aliphatic heterocycles. The summed E-state index contributed by atoms with van der Waals surface area (Å²) in [5.41, 5.74) is 21.5. The quantitative estimate of drug-likeness (QED) is 0.176. The van der Waals surface area contributed by atoms with Gasteiger partial charge in [-0.25, -0.2) is 4.98 Å². The van der Waals surface area contributed by atoms with Crippen LogP contribution in [0.25, 0.3) is 15.8 Å². The van der Waals surface area contributed by atoms with Crippen LogP contribution in [0.3, 0.4) is 0 Å². The molecule has 3 unspecified atom stereocenters. The largest absolute Gasteiger partial charge is 0.385 e. The lowest BCUT2D eigenvalue weighted by Crippen LogP contribution is -2.44. The second-order valence-corrected chi connectivity index (χ2v) is 13.3. The monoisotopic (exact) mass is 582 g/mol. The van der Waals surface area contributed by atoms with Crippen LogP contribution < -0.4 is 22.1 Å². The van der Waals surface area contributed by atoms with Crippen molar-refractivity contribution in [2.24, 2.45) is 22.8 Å². The van der Waals surface area contributed by atoms with Gasteiger partial charge in [-0.05, 0) is 80.7 Å². The van der Waals surface area contributed by atoms with E-state index >= 15 is 0 Å². The van der Waals surface area contributed by atoms with Crippen LogP contribution in [0.1, 0.15) is 57.7 Å². The van der Waals surface area contributed by atoms with E-state index in [1.54, 1.807) is 16.9 Å². The Morgan fingerprint density at radius 1 is 1.31 bits per heavy atom. The number of nitrogens with zero attached hydrogens (tertiary/aromatic N) is 4. The molecule has 0 spiro atoms. The fourth-order valence-electron chi connectivity index (χ4n) is 6.16. The molecular formula is C33H42N8S. The maximum Gasteiger partial charge on any atom is 0.189 e. The van der Waals surface area contributed by atoms with Crippen molar-refractivity contribution < 1.29 is 0 Å². The van der Waals surface area contributed by atoms with Gasteiger partial charge in [0.05, 0.1) is 16.4 Å². The van der Waals surface area contributed by atoms with Crippen LogP contribution in [0.15, 0.2) is 83.3 Å². The van der Waals surface area contributed by atoms with E-state index in [1.165, 1.54) is 35.4 Å². The molecule has 1 fully saturated rings. The minimum atomic E-state index is -0.0813. The maximum atomic E-state index is 6.56. The molecule has 2 aromatic heterocycles. The number of hydrogen-bond acceptors (Lipinski definition) is 8. The molecule has 0 bridgehead atoms. The minimum absolute atomic E-state index is 0.0813. The molecule has 0 amide bonds. The van der Waals surface area contributed by atoms with Gasteiger partial charge in [0.1, 0.15) is 17.8 Å². The molecule has 0 radical (unpaired) electrons. The third-order valence-electron chi connectivity index (χ3n) is 8.96. The number of fused-ring (bicyclic) bond motifs is 2. The SMILES string of the molecule is CCC1=C(c2cnn(CC3(C)CC=C4CC4C3)c2C)C=CC(N(C)/C(N)=C/C(C)=C(\N)Nc2nc3ccccc3s2)N1. The first-order chi connectivity index (χ1) is 20.1. The molecule has 1 saturated carbocycles. The first kappa shape index (κ1) is 28.2. The van der Waals surface area contributed by atoms with Crippen molar-refractivity contribution in [2.45, 2.75) is 66.1 Å². The molecule has 3 aliphatic rings. The Morgan fingerprint density at radius 3 is 2.88 bits per heavy atom. The van der Waals surface area contributed by atoms with Gasteiger partial charge in [0.15, 0.2) is 5.13 Å². The number of likely N-dealkylation sites (N-methyl/N-ethyl adjacent to an activating group) is 1. The van der Waals surface area contributed by atoms with Gasteiger partial charge in [0, 0.05) is 36.1 Å². The van der Waals surface area contributed by atoms with Gasteiger partial charge in [-0.1, -0.05) is 55.0 Å². The van der Waals surface area contributed by atoms with E-state index < -0.39 is 0 Å². The molecule has 2 aliphatic carbocycles. The summed E-state index contributed by atoms with van der Waals surface area (Å²) < 4.78 is 3.33. The zero-order valence-corrected chi connectivity index (χ0v) is 26.1. The van der Waals surface area contributed by atoms with Crippen LogP contribution in [0, 0.1) is 18.3 Å². The van der Waals surface area contributed by atoms with Crippen molar-refractivity contribution in [3.05, 3.63) is 94.5 Å². The fraction of sp³-hybridized carbons (Fsp3) is 0.394. The normalized spacial score (nSPS) is 24.2. The highest BCUT2D eigenvalue weighted by Crippen LogP contribution is 2.52. The first-order valence-electron chi connectivity index (χ1n) is 14.8. The Balaban J connectivity index is 1.14. The Morgan fingerprint density at radius 2 is 2.12 bits per heavy atom. The highest BCUT2D eigenvalue weighted by molar-refractivity contribution is 7.22. The molecule has 8 nitrogen and oxygen atoms in total. The van der Waals surface area contributed by atoms with E-state index in [9.17, 15) is 0 Å². The molecule has 3 atom stereocenters. The standard InChI is InChI=1S/C33H42N8S/c1-6-26-24(25-18-36-41(21(25)3)19-33(4)14-13-22-16-23(22)17-33)11-12-30(37-26)40(5)29(34)15-20(2)31(35)39-32-38-27-9-7-8-10-28(27)42-32/h7-13,15,18,23,30,37H,6,14,16-17,19,34-35H2,1-5H3,(H,38,39)/b29-15+,31-20+. The van der Waals surface area contributed by atoms with Crippen LogP contribution in [0.5, 0.6) is 0 Å². The Kier molecular flexibility index (Phi) is 7.39. The Bertz CT molecular complexity index is 1630. The van der Waals surface area contributed by atoms with Gasteiger partial charge in [0.2, 0.25) is 0 Å². The van der Waals surface area contributed by atoms with E-state index in [-0.39, 0.29) is 11.6 Å². The Hall–Kier alpha value is -3.98. The molecule has 3 heterocycles. The summed E-state index contributed by atoms with van der Waals surface area (Å²) in [4.78, 5) is 6.64. The number of benzene rings is 1. The molecule has 6 N–H and O–H groups in total. The molecular weight excluding hydrogens is 540 g/mol. The third-order valence-corrected chi connectivity index (χ3v) is 9.91. The van der Waals surface area contributed by atoms with Gasteiger partial charge in [0.25, 0.3) is 0 Å². The lowest BCUT2D eigenvalue weighted by molar-refractivity contribution is 0.222. The van der Waals surface area contributed by atoms with Crippen molar-refractivity contribution in [3.8, 4) is 0 Å². The highest BCUT2D eigenvalue weighted by atomic mass is 32.1. The van der Waals surface area contributed by atoms with Crippen LogP contribution in [0.4, 0.5) is 5.13 Å². The summed E-state index contributed by atoms with van der Waals surface area (Å²) in [7, 11) is 1.99. The number of para-hydroxylation sites is 1. The molecule has 6 rings (SSSR count). The zero-order chi connectivity index (χ0) is 29.6. The lowest BCUT2D eigenvalue weighted by Gasteiger charge is -2.33. The summed E-state index contributed by atoms with van der Waals surface area (Å²) >= 11 is 1.57. The summed E-state index contributed by atoms with van der Waals surface area (Å²) in [5.74, 6) is 1.96. The number of nitrogens with two attached hydrogens (primary N) is 2. The van der Waals surface area contributed by atoms with E-state index in [0.29, 0.717) is 11.6 Å². The second-order valence-electron chi connectivity index (χ2n) is 12.3. The molecule has 42 heavy (non-hydrogen) atoms. The van der Waals surface area contributed by atoms with E-state index in [1.807, 2.05) is 49.3 Å². The Labute approximate surface area is 252 Å². The number of hydrogen-bond donors (Lipinski definition) is 4. The summed E-state index contributed by atoms with van der Waals surface area (Å²) in [5, 5.41) is 12.5. The van der Waals surface area contributed by atoms with Gasteiger partial charge in [-0.3, -0.25) is 4.68 Å². The van der Waals surface area contributed by atoms with Gasteiger partial charge < -0.3 is 27.0 Å². The third kappa shape index (κ3) is 5.57. The number of allylic oxidation sites excluding steroid dienone is 7. The van der Waals surface area contributed by atoms with Crippen molar-refractivity contribution in [1.29, 1.82) is 0 Å². The molecule has 0 saturated heterocycles. The maximum absolute atomic E-state index is 6.56. The van der Waals surface area contributed by atoms with Crippen LogP contribution in [-0.4, -0.2) is 32.9 Å². The van der Waals surface area contributed by atoms with Crippen LogP contribution in [0.2, 0.25) is 0 Å². The van der Waals surface area contributed by atoms with Gasteiger partial charge in [-0.15, -0.1) is 0 Å². The molecule has 3 aromatic rings. The average Bonchev–Trinajstić information content (AvgIpc) is 3.48. The first-order valence-corrected chi connectivity index (χ1v) is 15.6. The smallest absolute Gasteiger partial charge is 0.189 e. The summed E-state index contributed by atoms with van der Waals surface area (Å²) in [6, 6.07) is 8.04. The highest BCUT2D eigenvalue weighted by Gasteiger charge is 2.41. The topological polar surface area (TPSA) is 110 Å². The van der Waals surface area contributed by atoms with Crippen molar-refractivity contribution in [1.82, 2.24) is 25.0 Å². The van der Waals surface area contributed by atoms with Crippen molar-refractivity contribution in [2.75, 3.05) is 12.4 Å². The zero-order valence-electron chi connectivity index (χ0n) is 25.2.